The van der Waals surface area contributed by atoms with Crippen LogP contribution in [-0.2, 0) is 6.42 Å². The number of nitrogens with zero attached hydrogens (tertiary/aromatic N) is 1. The molecule has 1 N–H and O–H groups in total. The molecule has 0 saturated heterocycles. The van der Waals surface area contributed by atoms with Crippen LogP contribution in [0.1, 0.15) is 5.56 Å². The first-order valence-corrected chi connectivity index (χ1v) is 7.42. The zero-order valence-electron chi connectivity index (χ0n) is 10.1. The van der Waals surface area contributed by atoms with Crippen molar-refractivity contribution >= 4 is 38.8 Å². The summed E-state index contributed by atoms with van der Waals surface area (Å²) in [6.45, 7) is 1.04. The van der Waals surface area contributed by atoms with Crippen LogP contribution in [0.25, 0.3) is 20.8 Å². The molecular formula is C15H11ClN2S. The van der Waals surface area contributed by atoms with Crippen molar-refractivity contribution in [2.45, 2.75) is 6.42 Å². The number of aromatic nitrogens is 1. The van der Waals surface area contributed by atoms with E-state index in [9.17, 15) is 0 Å². The number of anilines is 1. The lowest BCUT2D eigenvalue weighted by Crippen LogP contribution is -1.90. The van der Waals surface area contributed by atoms with Gasteiger partial charge in [-0.05, 0) is 48.4 Å². The molecule has 1 aliphatic heterocycles. The molecule has 0 atom stereocenters. The Hall–Kier alpha value is -1.58. The van der Waals surface area contributed by atoms with Crippen molar-refractivity contribution in [3.63, 3.8) is 0 Å². The van der Waals surface area contributed by atoms with Crippen molar-refractivity contribution in [2.24, 2.45) is 0 Å². The standard InChI is InChI=1S/C15H11ClN2S/c16-11-2-4-14-13(8-11)18-15(19-14)10-1-3-12-9(7-10)5-6-17-12/h1-4,7-8,17H,5-6H2. The zero-order chi connectivity index (χ0) is 12.8. The Balaban J connectivity index is 1.85. The molecule has 0 radical (unpaired) electrons. The maximum atomic E-state index is 6.01. The monoisotopic (exact) mass is 286 g/mol. The predicted molar refractivity (Wildman–Crippen MR) is 82.3 cm³/mol. The number of thiazole rings is 1. The molecule has 1 aliphatic rings. The average Bonchev–Trinajstić information content (AvgIpc) is 3.02. The molecule has 0 aliphatic carbocycles. The summed E-state index contributed by atoms with van der Waals surface area (Å²) in [6.07, 6.45) is 1.10. The summed E-state index contributed by atoms with van der Waals surface area (Å²) >= 11 is 7.72. The molecule has 2 aromatic carbocycles. The quantitative estimate of drug-likeness (QED) is 0.708. The predicted octanol–water partition coefficient (Wildman–Crippen LogP) is 4.58. The van der Waals surface area contributed by atoms with Gasteiger partial charge in [-0.15, -0.1) is 11.3 Å². The van der Waals surface area contributed by atoms with Gasteiger partial charge in [0, 0.05) is 22.8 Å². The summed E-state index contributed by atoms with van der Waals surface area (Å²) in [5.41, 5.74) is 4.81. The maximum Gasteiger partial charge on any atom is 0.124 e. The molecule has 0 fully saturated rings. The number of fused-ring (bicyclic) bond motifs is 2. The van der Waals surface area contributed by atoms with Crippen LogP contribution in [0, 0.1) is 0 Å². The summed E-state index contributed by atoms with van der Waals surface area (Å²) in [4.78, 5) is 4.68. The van der Waals surface area contributed by atoms with Gasteiger partial charge >= 0.3 is 0 Å². The summed E-state index contributed by atoms with van der Waals surface area (Å²) in [5.74, 6) is 0. The fourth-order valence-corrected chi connectivity index (χ4v) is 3.57. The van der Waals surface area contributed by atoms with E-state index in [0.29, 0.717) is 0 Å². The third-order valence-corrected chi connectivity index (χ3v) is 4.73. The van der Waals surface area contributed by atoms with E-state index in [1.54, 1.807) is 11.3 Å². The molecule has 0 saturated carbocycles. The normalized spacial score (nSPS) is 13.5. The number of nitrogens with one attached hydrogen (secondary N) is 1. The van der Waals surface area contributed by atoms with E-state index >= 15 is 0 Å². The second-order valence-corrected chi connectivity index (χ2v) is 6.15. The summed E-state index contributed by atoms with van der Waals surface area (Å²) < 4.78 is 1.18. The Labute approximate surface area is 120 Å². The Morgan fingerprint density at radius 3 is 3.05 bits per heavy atom. The molecule has 3 aromatic rings. The van der Waals surface area contributed by atoms with Crippen LogP contribution in [0.5, 0.6) is 0 Å². The number of rotatable bonds is 1. The molecule has 4 heteroatoms. The number of hydrogen-bond donors (Lipinski definition) is 1. The fourth-order valence-electron chi connectivity index (χ4n) is 2.46. The van der Waals surface area contributed by atoms with E-state index < -0.39 is 0 Å². The van der Waals surface area contributed by atoms with E-state index in [1.165, 1.54) is 21.5 Å². The van der Waals surface area contributed by atoms with Gasteiger partial charge in [-0.1, -0.05) is 11.6 Å². The second-order valence-electron chi connectivity index (χ2n) is 4.68. The Morgan fingerprint density at radius 1 is 1.16 bits per heavy atom. The van der Waals surface area contributed by atoms with Crippen LogP contribution in [0.4, 0.5) is 5.69 Å². The minimum absolute atomic E-state index is 0.738. The van der Waals surface area contributed by atoms with Crippen molar-refractivity contribution < 1.29 is 0 Å². The van der Waals surface area contributed by atoms with E-state index in [1.807, 2.05) is 18.2 Å². The maximum absolute atomic E-state index is 6.01. The first kappa shape index (κ1) is 11.3. The van der Waals surface area contributed by atoms with Gasteiger partial charge in [0.15, 0.2) is 0 Å². The first-order chi connectivity index (χ1) is 9.29. The van der Waals surface area contributed by atoms with Gasteiger partial charge < -0.3 is 5.32 Å². The van der Waals surface area contributed by atoms with Crippen LogP contribution in [-0.4, -0.2) is 11.5 Å². The van der Waals surface area contributed by atoms with Crippen molar-refractivity contribution in [3.05, 3.63) is 47.0 Å². The lowest BCUT2D eigenvalue weighted by atomic mass is 10.1. The van der Waals surface area contributed by atoms with E-state index in [2.05, 4.69) is 28.5 Å². The van der Waals surface area contributed by atoms with Crippen LogP contribution in [0.15, 0.2) is 36.4 Å². The highest BCUT2D eigenvalue weighted by molar-refractivity contribution is 7.21. The topological polar surface area (TPSA) is 24.9 Å². The highest BCUT2D eigenvalue weighted by atomic mass is 35.5. The zero-order valence-corrected chi connectivity index (χ0v) is 11.7. The molecule has 0 spiro atoms. The largest absolute Gasteiger partial charge is 0.384 e. The van der Waals surface area contributed by atoms with Crippen LogP contribution in [0.2, 0.25) is 5.02 Å². The number of hydrogen-bond acceptors (Lipinski definition) is 3. The summed E-state index contributed by atoms with van der Waals surface area (Å²) in [7, 11) is 0. The first-order valence-electron chi connectivity index (χ1n) is 6.23. The lowest BCUT2D eigenvalue weighted by Gasteiger charge is -2.01. The number of halogens is 1. The van der Waals surface area contributed by atoms with Crippen molar-refractivity contribution in [2.75, 3.05) is 11.9 Å². The molecule has 0 amide bonds. The SMILES string of the molecule is Clc1ccc2sc(-c3ccc4c(c3)CCN4)nc2c1. The molecule has 19 heavy (non-hydrogen) atoms. The van der Waals surface area contributed by atoms with Gasteiger partial charge in [-0.3, -0.25) is 0 Å². The van der Waals surface area contributed by atoms with Crippen molar-refractivity contribution in [1.82, 2.24) is 4.98 Å². The third-order valence-electron chi connectivity index (χ3n) is 3.41. The minimum atomic E-state index is 0.738. The van der Waals surface area contributed by atoms with Crippen molar-refractivity contribution in [3.8, 4) is 10.6 Å². The molecule has 94 valence electrons. The Morgan fingerprint density at radius 2 is 2.11 bits per heavy atom. The highest BCUT2D eigenvalue weighted by Gasteiger charge is 2.13. The summed E-state index contributed by atoms with van der Waals surface area (Å²) in [6, 6.07) is 12.4. The van der Waals surface area contributed by atoms with Gasteiger partial charge in [0.25, 0.3) is 0 Å². The van der Waals surface area contributed by atoms with Crippen LogP contribution in [0.3, 0.4) is 0 Å². The molecule has 0 unspecified atom stereocenters. The van der Waals surface area contributed by atoms with Crippen molar-refractivity contribution in [1.29, 1.82) is 0 Å². The summed E-state index contributed by atoms with van der Waals surface area (Å²) in [5, 5.41) is 5.18. The van der Waals surface area contributed by atoms with Gasteiger partial charge in [-0.25, -0.2) is 4.98 Å². The van der Waals surface area contributed by atoms with Crippen LogP contribution >= 0.6 is 22.9 Å². The molecular weight excluding hydrogens is 276 g/mol. The number of benzene rings is 2. The second kappa shape index (κ2) is 4.22. The average molecular weight is 287 g/mol. The Kier molecular flexibility index (Phi) is 2.50. The smallest absolute Gasteiger partial charge is 0.124 e. The third kappa shape index (κ3) is 1.90. The molecule has 0 bridgehead atoms. The molecule has 2 heterocycles. The lowest BCUT2D eigenvalue weighted by molar-refractivity contribution is 1.11. The van der Waals surface area contributed by atoms with E-state index in [0.717, 1.165) is 28.5 Å². The van der Waals surface area contributed by atoms with Crippen LogP contribution < -0.4 is 5.32 Å². The molecule has 4 rings (SSSR count). The van der Waals surface area contributed by atoms with E-state index in [-0.39, 0.29) is 0 Å². The van der Waals surface area contributed by atoms with Gasteiger partial charge in [0.2, 0.25) is 0 Å². The minimum Gasteiger partial charge on any atom is -0.384 e. The van der Waals surface area contributed by atoms with Gasteiger partial charge in [0.1, 0.15) is 5.01 Å². The molecule has 1 aromatic heterocycles. The Bertz CT molecular complexity index is 779. The molecule has 2 nitrogen and oxygen atoms in total. The van der Waals surface area contributed by atoms with E-state index in [4.69, 9.17) is 11.6 Å². The van der Waals surface area contributed by atoms with Gasteiger partial charge in [-0.2, -0.15) is 0 Å². The highest BCUT2D eigenvalue weighted by Crippen LogP contribution is 2.34. The van der Waals surface area contributed by atoms with Gasteiger partial charge in [0.05, 0.1) is 10.2 Å². The fraction of sp³-hybridized carbons (Fsp3) is 0.133.